The maximum absolute atomic E-state index is 12.3. The molecule has 3 N–H and O–H groups in total. The van der Waals surface area contributed by atoms with Gasteiger partial charge in [-0.2, -0.15) is 10.2 Å². The van der Waals surface area contributed by atoms with Crippen LogP contribution < -0.4 is 10.7 Å². The first kappa shape index (κ1) is 18.6. The summed E-state index contributed by atoms with van der Waals surface area (Å²) in [6.45, 7) is 4.95. The minimum absolute atomic E-state index is 0.246. The van der Waals surface area contributed by atoms with E-state index in [0.717, 1.165) is 35.6 Å². The van der Waals surface area contributed by atoms with E-state index >= 15 is 0 Å². The van der Waals surface area contributed by atoms with Gasteiger partial charge in [-0.3, -0.25) is 4.79 Å². The third-order valence-electron chi connectivity index (χ3n) is 4.98. The van der Waals surface area contributed by atoms with Gasteiger partial charge in [0.05, 0.1) is 5.57 Å². The summed E-state index contributed by atoms with van der Waals surface area (Å²) in [4.78, 5) is 15.7. The first-order valence-corrected chi connectivity index (χ1v) is 9.48. The molecule has 146 valence electrons. The monoisotopic (exact) mass is 386 g/mol. The molecule has 7 heteroatoms. The number of nitrogens with zero attached hydrogens (tertiary/aromatic N) is 3. The van der Waals surface area contributed by atoms with E-state index in [2.05, 4.69) is 57.0 Å². The van der Waals surface area contributed by atoms with Gasteiger partial charge < -0.3 is 10.3 Å². The SMILES string of the molecule is Cc1[nH]c(C=C2C(=O)NN=C2c2cccnn2)c(C)c1CCNc1ccccc1. The number of para-hydroxylation sites is 1. The molecule has 0 aliphatic carbocycles. The van der Waals surface area contributed by atoms with Crippen molar-refractivity contribution >= 4 is 23.4 Å². The van der Waals surface area contributed by atoms with Gasteiger partial charge in [0.25, 0.3) is 5.91 Å². The minimum Gasteiger partial charge on any atom is -0.385 e. The predicted molar refractivity (Wildman–Crippen MR) is 114 cm³/mol. The zero-order valence-electron chi connectivity index (χ0n) is 16.4. The van der Waals surface area contributed by atoms with E-state index in [-0.39, 0.29) is 5.91 Å². The Labute approximate surface area is 169 Å². The number of hydrogen-bond acceptors (Lipinski definition) is 5. The Morgan fingerprint density at radius 1 is 1.10 bits per heavy atom. The molecule has 0 saturated carbocycles. The number of benzene rings is 1. The van der Waals surface area contributed by atoms with E-state index in [4.69, 9.17) is 0 Å². The number of hydrogen-bond donors (Lipinski definition) is 3. The summed E-state index contributed by atoms with van der Waals surface area (Å²) >= 11 is 0. The van der Waals surface area contributed by atoms with Gasteiger partial charge in [0, 0.05) is 29.8 Å². The smallest absolute Gasteiger partial charge is 0.273 e. The van der Waals surface area contributed by atoms with Crippen LogP contribution in [0.3, 0.4) is 0 Å². The van der Waals surface area contributed by atoms with Crippen molar-refractivity contribution in [2.45, 2.75) is 20.3 Å². The number of rotatable bonds is 6. The standard InChI is InChI=1S/C22H22N6O/c1-14-17(10-12-23-16-7-4-3-5-8-16)15(2)25-20(14)13-18-21(27-28-22(18)29)19-9-6-11-24-26-19/h3-9,11,13,23,25H,10,12H2,1-2H3,(H,28,29). The number of aryl methyl sites for hydroxylation is 1. The fourth-order valence-electron chi connectivity index (χ4n) is 3.46. The molecule has 0 radical (unpaired) electrons. The molecule has 29 heavy (non-hydrogen) atoms. The first-order chi connectivity index (χ1) is 14.1. The van der Waals surface area contributed by atoms with Crippen molar-refractivity contribution in [2.24, 2.45) is 5.10 Å². The lowest BCUT2D eigenvalue weighted by atomic mass is 10.0. The van der Waals surface area contributed by atoms with Crippen LogP contribution in [0, 0.1) is 13.8 Å². The number of aromatic nitrogens is 3. The molecule has 1 aliphatic rings. The maximum atomic E-state index is 12.3. The van der Waals surface area contributed by atoms with Crippen LogP contribution in [0.5, 0.6) is 0 Å². The van der Waals surface area contributed by atoms with Crippen molar-refractivity contribution in [3.63, 3.8) is 0 Å². The zero-order chi connectivity index (χ0) is 20.2. The number of H-pyrrole nitrogens is 1. The molecule has 4 rings (SSSR count). The molecule has 1 aromatic carbocycles. The van der Waals surface area contributed by atoms with Gasteiger partial charge >= 0.3 is 0 Å². The highest BCUT2D eigenvalue weighted by atomic mass is 16.2. The van der Waals surface area contributed by atoms with Gasteiger partial charge in [-0.05, 0) is 61.7 Å². The molecule has 0 spiro atoms. The van der Waals surface area contributed by atoms with Gasteiger partial charge in [-0.1, -0.05) is 18.2 Å². The molecular weight excluding hydrogens is 364 g/mol. The van der Waals surface area contributed by atoms with Crippen LogP contribution in [0.4, 0.5) is 5.69 Å². The average molecular weight is 386 g/mol. The van der Waals surface area contributed by atoms with E-state index in [9.17, 15) is 4.79 Å². The molecule has 0 atom stereocenters. The average Bonchev–Trinajstić information content (AvgIpc) is 3.24. The van der Waals surface area contributed by atoms with Crippen LogP contribution in [0.1, 0.15) is 28.2 Å². The summed E-state index contributed by atoms with van der Waals surface area (Å²) < 4.78 is 0. The van der Waals surface area contributed by atoms with Crippen molar-refractivity contribution < 1.29 is 4.79 Å². The third-order valence-corrected chi connectivity index (χ3v) is 4.98. The lowest BCUT2D eigenvalue weighted by Crippen LogP contribution is -2.14. The molecule has 0 saturated heterocycles. The Balaban J connectivity index is 1.55. The lowest BCUT2D eigenvalue weighted by molar-refractivity contribution is -0.116. The van der Waals surface area contributed by atoms with Crippen molar-refractivity contribution in [2.75, 3.05) is 11.9 Å². The van der Waals surface area contributed by atoms with Crippen LogP contribution in [-0.2, 0) is 11.2 Å². The zero-order valence-corrected chi connectivity index (χ0v) is 16.4. The molecule has 0 fully saturated rings. The summed E-state index contributed by atoms with van der Waals surface area (Å²) in [5.74, 6) is -0.246. The normalized spacial score (nSPS) is 14.8. The van der Waals surface area contributed by atoms with E-state index in [1.807, 2.05) is 24.3 Å². The molecule has 0 bridgehead atoms. The van der Waals surface area contributed by atoms with Gasteiger partial charge in [-0.25, -0.2) is 5.43 Å². The third kappa shape index (κ3) is 3.94. The number of anilines is 1. The fraction of sp³-hybridized carbons (Fsp3) is 0.182. The molecular formula is C22H22N6O. The highest BCUT2D eigenvalue weighted by Gasteiger charge is 2.26. The lowest BCUT2D eigenvalue weighted by Gasteiger charge is -2.07. The summed E-state index contributed by atoms with van der Waals surface area (Å²) in [5.41, 5.74) is 9.54. The van der Waals surface area contributed by atoms with Crippen LogP contribution in [0.25, 0.3) is 6.08 Å². The number of hydrazone groups is 1. The van der Waals surface area contributed by atoms with Crippen molar-refractivity contribution in [1.29, 1.82) is 0 Å². The number of amides is 1. The molecule has 3 heterocycles. The van der Waals surface area contributed by atoms with Crippen LogP contribution in [-0.4, -0.2) is 33.3 Å². The minimum atomic E-state index is -0.246. The summed E-state index contributed by atoms with van der Waals surface area (Å²) in [5, 5.41) is 15.5. The van der Waals surface area contributed by atoms with Crippen molar-refractivity contribution in [3.8, 4) is 0 Å². The first-order valence-electron chi connectivity index (χ1n) is 9.48. The second-order valence-electron chi connectivity index (χ2n) is 6.88. The highest BCUT2D eigenvalue weighted by Crippen LogP contribution is 2.23. The molecule has 1 amide bonds. The van der Waals surface area contributed by atoms with Crippen molar-refractivity contribution in [3.05, 3.63) is 82.4 Å². The summed E-state index contributed by atoms with van der Waals surface area (Å²) in [7, 11) is 0. The Morgan fingerprint density at radius 3 is 2.69 bits per heavy atom. The van der Waals surface area contributed by atoms with Gasteiger partial charge in [0.1, 0.15) is 11.4 Å². The van der Waals surface area contributed by atoms with Crippen LogP contribution in [0.15, 0.2) is 59.3 Å². The molecule has 7 nitrogen and oxygen atoms in total. The van der Waals surface area contributed by atoms with Gasteiger partial charge in [0.15, 0.2) is 0 Å². The van der Waals surface area contributed by atoms with E-state index in [1.165, 1.54) is 5.56 Å². The quantitative estimate of drug-likeness (QED) is 0.568. The number of carbonyl (C=O) groups is 1. The molecule has 0 unspecified atom stereocenters. The second kappa shape index (κ2) is 8.10. The van der Waals surface area contributed by atoms with Gasteiger partial charge in [-0.15, -0.1) is 5.10 Å². The largest absolute Gasteiger partial charge is 0.385 e. The number of aromatic amines is 1. The molecule has 1 aliphatic heterocycles. The Morgan fingerprint density at radius 2 is 1.93 bits per heavy atom. The number of carbonyl (C=O) groups excluding carboxylic acids is 1. The van der Waals surface area contributed by atoms with E-state index < -0.39 is 0 Å². The Bertz CT molecular complexity index is 1080. The van der Waals surface area contributed by atoms with Gasteiger partial charge in [0.2, 0.25) is 0 Å². The Hall–Kier alpha value is -3.74. The molecule has 2 aromatic heterocycles. The van der Waals surface area contributed by atoms with Crippen LogP contribution >= 0.6 is 0 Å². The number of nitrogens with one attached hydrogen (secondary N) is 3. The topological polar surface area (TPSA) is 95.1 Å². The maximum Gasteiger partial charge on any atom is 0.273 e. The van der Waals surface area contributed by atoms with Crippen molar-refractivity contribution in [1.82, 2.24) is 20.6 Å². The van der Waals surface area contributed by atoms with Crippen LogP contribution in [0.2, 0.25) is 0 Å². The van der Waals surface area contributed by atoms with E-state index in [0.29, 0.717) is 17.0 Å². The fourth-order valence-corrected chi connectivity index (χ4v) is 3.46. The summed E-state index contributed by atoms with van der Waals surface area (Å²) in [6, 6.07) is 13.7. The molecule has 3 aromatic rings. The summed E-state index contributed by atoms with van der Waals surface area (Å²) in [6.07, 6.45) is 4.31. The second-order valence-corrected chi connectivity index (χ2v) is 6.88. The predicted octanol–water partition coefficient (Wildman–Crippen LogP) is 2.99. The highest BCUT2D eigenvalue weighted by molar-refractivity contribution is 6.32. The Kier molecular flexibility index (Phi) is 5.20. The van der Waals surface area contributed by atoms with E-state index in [1.54, 1.807) is 18.3 Å².